The summed E-state index contributed by atoms with van der Waals surface area (Å²) in [5.74, 6) is -0.617. The first kappa shape index (κ1) is 17.4. The molecule has 1 aromatic heterocycles. The van der Waals surface area contributed by atoms with E-state index in [1.807, 2.05) is 60.7 Å². The maximum Gasteiger partial charge on any atom is 0.270 e. The zero-order chi connectivity index (χ0) is 19.8. The highest BCUT2D eigenvalue weighted by atomic mass is 19.1. The topological polar surface area (TPSA) is 57.2 Å². The molecule has 5 rings (SSSR count). The number of aliphatic imine (C=N–C) groups is 1. The van der Waals surface area contributed by atoms with Gasteiger partial charge in [-0.05, 0) is 29.3 Å². The molecule has 0 fully saturated rings. The Labute approximate surface area is 167 Å². The van der Waals surface area contributed by atoms with E-state index in [2.05, 4.69) is 10.3 Å². The van der Waals surface area contributed by atoms with Crippen LogP contribution in [0.15, 0.2) is 90.1 Å². The summed E-state index contributed by atoms with van der Waals surface area (Å²) in [4.78, 5) is 21.0. The third kappa shape index (κ3) is 3.10. The quantitative estimate of drug-likeness (QED) is 0.529. The fourth-order valence-electron chi connectivity index (χ4n) is 3.88. The number of carbonyl (C=O) groups excluding carboxylic acids is 1. The largest absolute Gasteiger partial charge is 0.360 e. The van der Waals surface area contributed by atoms with E-state index in [4.69, 9.17) is 4.99 Å². The van der Waals surface area contributed by atoms with E-state index in [0.29, 0.717) is 16.7 Å². The van der Waals surface area contributed by atoms with Crippen LogP contribution >= 0.6 is 0 Å². The Balaban J connectivity index is 1.67. The zero-order valence-corrected chi connectivity index (χ0v) is 15.5. The number of aromatic nitrogens is 1. The van der Waals surface area contributed by atoms with Gasteiger partial charge in [-0.15, -0.1) is 0 Å². The first-order valence-corrected chi connectivity index (χ1v) is 9.46. The monoisotopic (exact) mass is 383 g/mol. The number of halogens is 1. The van der Waals surface area contributed by atoms with E-state index in [9.17, 15) is 9.18 Å². The Morgan fingerprint density at radius 3 is 2.28 bits per heavy atom. The van der Waals surface area contributed by atoms with E-state index < -0.39 is 0 Å². The number of amides is 1. The smallest absolute Gasteiger partial charge is 0.270 e. The van der Waals surface area contributed by atoms with E-state index in [-0.39, 0.29) is 23.8 Å². The molecule has 1 aliphatic rings. The summed E-state index contributed by atoms with van der Waals surface area (Å²) in [5.41, 5.74) is 3.66. The van der Waals surface area contributed by atoms with Gasteiger partial charge in [0.1, 0.15) is 17.6 Å². The number of benzene rings is 3. The predicted molar refractivity (Wildman–Crippen MR) is 111 cm³/mol. The Morgan fingerprint density at radius 1 is 0.862 bits per heavy atom. The van der Waals surface area contributed by atoms with Gasteiger partial charge in [0.2, 0.25) is 0 Å². The number of nitrogens with zero attached hydrogens (tertiary/aromatic N) is 1. The number of hydrogen-bond acceptors (Lipinski definition) is 2. The molecule has 0 bridgehead atoms. The second-order valence-corrected chi connectivity index (χ2v) is 7.09. The highest BCUT2D eigenvalue weighted by Crippen LogP contribution is 2.36. The molecule has 29 heavy (non-hydrogen) atoms. The minimum atomic E-state index is -0.350. The van der Waals surface area contributed by atoms with Crippen LogP contribution in [0.4, 0.5) is 4.39 Å². The van der Waals surface area contributed by atoms with Crippen LogP contribution in [-0.4, -0.2) is 16.6 Å². The Bertz CT molecular complexity index is 1210. The molecule has 0 spiro atoms. The Morgan fingerprint density at radius 2 is 1.55 bits per heavy atom. The number of H-pyrrole nitrogens is 1. The average Bonchev–Trinajstić information content (AvgIpc) is 3.17. The van der Waals surface area contributed by atoms with E-state index in [1.54, 1.807) is 12.3 Å². The third-order valence-electron chi connectivity index (χ3n) is 5.28. The lowest BCUT2D eigenvalue weighted by Gasteiger charge is -2.31. The van der Waals surface area contributed by atoms with Crippen LogP contribution in [-0.2, 0) is 4.79 Å². The van der Waals surface area contributed by atoms with Gasteiger partial charge >= 0.3 is 0 Å². The number of carbonyl (C=O) groups is 1. The average molecular weight is 383 g/mol. The van der Waals surface area contributed by atoms with Gasteiger partial charge in [-0.3, -0.25) is 9.79 Å². The number of aromatic amines is 1. The summed E-state index contributed by atoms with van der Waals surface area (Å²) in [5, 5.41) is 3.76. The first-order valence-electron chi connectivity index (χ1n) is 9.46. The van der Waals surface area contributed by atoms with Crippen molar-refractivity contribution in [2.24, 2.45) is 4.99 Å². The minimum Gasteiger partial charge on any atom is -0.360 e. The first-order chi connectivity index (χ1) is 14.2. The fraction of sp³-hybridized carbons (Fsp3) is 0.0833. The molecule has 2 atom stereocenters. The molecule has 4 aromatic rings. The fourth-order valence-corrected chi connectivity index (χ4v) is 3.88. The second-order valence-electron chi connectivity index (χ2n) is 7.09. The van der Waals surface area contributed by atoms with Crippen molar-refractivity contribution in [3.8, 4) is 0 Å². The van der Waals surface area contributed by atoms with Gasteiger partial charge < -0.3 is 10.3 Å². The molecule has 142 valence electrons. The molecule has 5 heteroatoms. The predicted octanol–water partition coefficient (Wildman–Crippen LogP) is 4.71. The van der Waals surface area contributed by atoms with Crippen LogP contribution in [0, 0.1) is 5.82 Å². The highest BCUT2D eigenvalue weighted by molar-refractivity contribution is 6.47. The lowest BCUT2D eigenvalue weighted by atomic mass is 9.91. The van der Waals surface area contributed by atoms with E-state index in [1.165, 1.54) is 12.1 Å². The van der Waals surface area contributed by atoms with Crippen LogP contribution in [0.1, 0.15) is 28.8 Å². The van der Waals surface area contributed by atoms with Crippen molar-refractivity contribution < 1.29 is 9.18 Å². The van der Waals surface area contributed by atoms with Gasteiger partial charge in [0.25, 0.3) is 5.91 Å². The minimum absolute atomic E-state index is 0.267. The SMILES string of the molecule is O=C1N[C@H](c2ccccc2)[C@@H](c2ccccc2)N=C1c1c[nH]c2ccc(F)cc12. The van der Waals surface area contributed by atoms with Crippen LogP contribution < -0.4 is 5.32 Å². The van der Waals surface area contributed by atoms with Gasteiger partial charge in [0.15, 0.2) is 0 Å². The zero-order valence-electron chi connectivity index (χ0n) is 15.5. The lowest BCUT2D eigenvalue weighted by molar-refractivity contribution is -0.116. The molecule has 1 aliphatic heterocycles. The van der Waals surface area contributed by atoms with Gasteiger partial charge in [-0.2, -0.15) is 0 Å². The van der Waals surface area contributed by atoms with Crippen LogP contribution in [0.2, 0.25) is 0 Å². The standard InChI is InChI=1S/C24H18FN3O/c25-17-11-12-20-18(13-17)19(14-26-20)23-24(29)28-22(16-9-5-2-6-10-16)21(27-23)15-7-3-1-4-8-15/h1-14,21-22,26H,(H,28,29)/t21-,22-/m1/s1. The lowest BCUT2D eigenvalue weighted by Crippen LogP contribution is -2.42. The van der Waals surface area contributed by atoms with Gasteiger partial charge in [0.05, 0.1) is 6.04 Å². The Hall–Kier alpha value is -3.73. The molecule has 0 saturated carbocycles. The molecule has 0 radical (unpaired) electrons. The molecule has 3 aromatic carbocycles. The normalized spacial score (nSPS) is 19.1. The number of hydrogen-bond donors (Lipinski definition) is 2. The molecule has 0 aliphatic carbocycles. The number of rotatable bonds is 3. The molecular weight excluding hydrogens is 365 g/mol. The van der Waals surface area contributed by atoms with Crippen molar-refractivity contribution in [1.29, 1.82) is 0 Å². The van der Waals surface area contributed by atoms with Crippen LogP contribution in [0.25, 0.3) is 10.9 Å². The maximum atomic E-state index is 13.8. The number of nitrogens with one attached hydrogen (secondary N) is 2. The summed E-state index contributed by atoms with van der Waals surface area (Å²) in [6.45, 7) is 0. The molecule has 2 heterocycles. The van der Waals surface area contributed by atoms with Gasteiger partial charge in [-0.25, -0.2) is 4.39 Å². The molecule has 0 unspecified atom stereocenters. The summed E-state index contributed by atoms with van der Waals surface area (Å²) >= 11 is 0. The van der Waals surface area contributed by atoms with Crippen molar-refractivity contribution >= 4 is 22.5 Å². The van der Waals surface area contributed by atoms with E-state index >= 15 is 0 Å². The van der Waals surface area contributed by atoms with Crippen molar-refractivity contribution in [1.82, 2.24) is 10.3 Å². The van der Waals surface area contributed by atoms with E-state index in [0.717, 1.165) is 16.6 Å². The summed E-state index contributed by atoms with van der Waals surface area (Å²) in [6.07, 6.45) is 1.72. The summed E-state index contributed by atoms with van der Waals surface area (Å²) < 4.78 is 13.8. The highest BCUT2D eigenvalue weighted by Gasteiger charge is 2.34. The van der Waals surface area contributed by atoms with Crippen LogP contribution in [0.5, 0.6) is 0 Å². The van der Waals surface area contributed by atoms with Gasteiger partial charge in [-0.1, -0.05) is 60.7 Å². The third-order valence-corrected chi connectivity index (χ3v) is 5.28. The molecular formula is C24H18FN3O. The summed E-state index contributed by atoms with van der Waals surface area (Å²) in [6, 6.07) is 23.6. The number of fused-ring (bicyclic) bond motifs is 1. The maximum absolute atomic E-state index is 13.8. The Kier molecular flexibility index (Phi) is 4.21. The van der Waals surface area contributed by atoms with Crippen molar-refractivity contribution in [2.75, 3.05) is 0 Å². The second kappa shape index (κ2) is 7.02. The molecule has 0 saturated heterocycles. The molecule has 4 nitrogen and oxygen atoms in total. The molecule has 2 N–H and O–H groups in total. The summed E-state index contributed by atoms with van der Waals surface area (Å²) in [7, 11) is 0. The van der Waals surface area contributed by atoms with Crippen LogP contribution in [0.3, 0.4) is 0 Å². The molecule has 1 amide bonds. The van der Waals surface area contributed by atoms with Crippen molar-refractivity contribution in [2.45, 2.75) is 12.1 Å². The van der Waals surface area contributed by atoms with Crippen molar-refractivity contribution in [3.63, 3.8) is 0 Å². The van der Waals surface area contributed by atoms with Crippen molar-refractivity contribution in [3.05, 3.63) is 108 Å². The van der Waals surface area contributed by atoms with Gasteiger partial charge in [0, 0.05) is 22.7 Å².